The maximum absolute atomic E-state index is 2.77. The summed E-state index contributed by atoms with van der Waals surface area (Å²) < 4.78 is 5.54. The van der Waals surface area contributed by atoms with E-state index >= 15 is 0 Å². The van der Waals surface area contributed by atoms with Crippen molar-refractivity contribution < 1.29 is 0 Å². The molecule has 88 heavy (non-hydrogen) atoms. The molecule has 8 heteroatoms. The van der Waals surface area contributed by atoms with Crippen molar-refractivity contribution in [1.82, 2.24) is 8.96 Å². The van der Waals surface area contributed by atoms with Crippen LogP contribution in [0.3, 0.4) is 0 Å². The van der Waals surface area contributed by atoms with Gasteiger partial charge in [0, 0.05) is 123 Å². The molecular formula is C80H54B2N6. The number of anilines is 12. The molecular weight excluding hydrogens is 1070 g/mol. The van der Waals surface area contributed by atoms with Gasteiger partial charge in [0.15, 0.2) is 0 Å². The van der Waals surface area contributed by atoms with Crippen LogP contribution in [-0.4, -0.2) is 22.7 Å². The van der Waals surface area contributed by atoms with E-state index in [9.17, 15) is 0 Å². The van der Waals surface area contributed by atoms with Crippen LogP contribution in [0.4, 0.5) is 68.2 Å². The third-order valence-corrected chi connectivity index (χ3v) is 19.2. The largest absolute Gasteiger partial charge is 0.375 e. The molecule has 0 saturated heterocycles. The van der Waals surface area contributed by atoms with Crippen LogP contribution >= 0.6 is 0 Å². The fraction of sp³-hybridized carbons (Fsp3) is 0.0250. The van der Waals surface area contributed by atoms with E-state index in [0.29, 0.717) is 0 Å². The fourth-order valence-corrected chi connectivity index (χ4v) is 15.9. The van der Waals surface area contributed by atoms with Crippen molar-refractivity contribution in [3.05, 3.63) is 302 Å². The van der Waals surface area contributed by atoms with Crippen LogP contribution in [0.1, 0.15) is 11.1 Å². The predicted molar refractivity (Wildman–Crippen MR) is 372 cm³/mol. The number of fused-ring (bicyclic) bond motifs is 16. The number of benzene rings is 13. The van der Waals surface area contributed by atoms with Crippen LogP contribution in [0.15, 0.2) is 291 Å². The van der Waals surface area contributed by atoms with Crippen molar-refractivity contribution in [1.29, 1.82) is 0 Å². The van der Waals surface area contributed by atoms with Crippen LogP contribution in [0.25, 0.3) is 65.9 Å². The molecule has 4 aliphatic rings. The Labute approximate surface area is 511 Å². The first kappa shape index (κ1) is 49.1. The van der Waals surface area contributed by atoms with Gasteiger partial charge in [0.1, 0.15) is 0 Å². The summed E-state index contributed by atoms with van der Waals surface area (Å²) in [5.74, 6) is 0. The highest BCUT2D eigenvalue weighted by molar-refractivity contribution is 6.92. The second-order valence-corrected chi connectivity index (χ2v) is 24.1. The molecule has 19 rings (SSSR count). The summed E-state index contributed by atoms with van der Waals surface area (Å²) in [5.41, 5.74) is 31.2. The van der Waals surface area contributed by atoms with Gasteiger partial charge >= 0.3 is 13.7 Å². The van der Waals surface area contributed by atoms with E-state index in [1.165, 1.54) is 116 Å². The molecule has 0 fully saturated rings. The summed E-state index contributed by atoms with van der Waals surface area (Å²) in [5, 5.41) is 5.08. The SMILES string of the molecule is Cc1ccc2c(c1)N(c1ccccc1)c1cc(N(c3ccccc3)c3ccccc3)cc3c1B2n1c2ccccc2c2c4c5c(c-3c21)c1ccccc1n5B1c2ccc(N(c3ccccc3)c3ccccc3)cc2N(c2ccccc2)c2cc(C)cc-4c21. The monoisotopic (exact) mass is 1120 g/mol. The fourth-order valence-electron chi connectivity index (χ4n) is 15.9. The zero-order chi connectivity index (χ0) is 57.9. The number of rotatable bonds is 8. The number of aromatic nitrogens is 2. The van der Waals surface area contributed by atoms with Gasteiger partial charge in [0.2, 0.25) is 0 Å². The maximum Gasteiger partial charge on any atom is 0.333 e. The molecule has 13 aromatic carbocycles. The molecule has 4 aliphatic heterocycles. The van der Waals surface area contributed by atoms with Crippen LogP contribution in [-0.2, 0) is 0 Å². The number of hydrogen-bond donors (Lipinski definition) is 0. The number of hydrogen-bond acceptors (Lipinski definition) is 4. The summed E-state index contributed by atoms with van der Waals surface area (Å²) in [6.07, 6.45) is 0. The standard InChI is InChI=1S/C80H54B2N6/c1-51-41-43-65-69(46-51)85(57-33-17-7-18-34-57)72-50-60(84(55-29-13-5-14-30-55)56-31-15-6-16-32-56)48-64-76-74-62-38-22-24-40-68(62)87-79(74)75(73-61-37-21-23-39-67(61)88(80(73)76)81(65)78(64)72)63-45-52(2)47-71-77(63)82(87)66-44-42-59(49-70(66)86(71)58-35-19-8-20-36-58)83(53-25-9-3-10-26-53)54-27-11-4-12-28-54/h3-50H,1-2H3. The smallest absolute Gasteiger partial charge is 0.333 e. The van der Waals surface area contributed by atoms with Crippen molar-refractivity contribution in [2.45, 2.75) is 13.8 Å². The molecule has 0 bridgehead atoms. The lowest BCUT2D eigenvalue weighted by molar-refractivity contribution is 1.23. The Balaban J connectivity index is 0.990. The Hall–Kier alpha value is -11.2. The van der Waals surface area contributed by atoms with Crippen molar-refractivity contribution in [3.8, 4) is 22.3 Å². The molecule has 15 aromatic rings. The summed E-state index contributed by atoms with van der Waals surface area (Å²) in [7, 11) is 0. The molecule has 2 aromatic heterocycles. The van der Waals surface area contributed by atoms with Crippen LogP contribution < -0.4 is 41.5 Å². The van der Waals surface area contributed by atoms with Crippen LogP contribution in [0, 0.1) is 13.8 Å². The topological polar surface area (TPSA) is 22.8 Å². The minimum Gasteiger partial charge on any atom is -0.375 e. The van der Waals surface area contributed by atoms with E-state index in [2.05, 4.69) is 334 Å². The van der Waals surface area contributed by atoms with Gasteiger partial charge in [-0.15, -0.1) is 0 Å². The van der Waals surface area contributed by atoms with Crippen molar-refractivity contribution in [2.75, 3.05) is 19.6 Å². The lowest BCUT2D eigenvalue weighted by Gasteiger charge is -2.43. The summed E-state index contributed by atoms with van der Waals surface area (Å²) in [4.78, 5) is 9.98. The van der Waals surface area contributed by atoms with E-state index in [1.807, 2.05) is 0 Å². The van der Waals surface area contributed by atoms with Crippen molar-refractivity contribution >= 4 is 147 Å². The predicted octanol–water partition coefficient (Wildman–Crippen LogP) is 18.3. The average molecular weight is 1120 g/mol. The molecule has 0 radical (unpaired) electrons. The van der Waals surface area contributed by atoms with Gasteiger partial charge in [-0.1, -0.05) is 170 Å². The van der Waals surface area contributed by atoms with E-state index in [1.54, 1.807) is 0 Å². The molecule has 0 saturated carbocycles. The first-order valence-electron chi connectivity index (χ1n) is 30.7. The Morgan fingerprint density at radius 2 is 0.670 bits per heavy atom. The van der Waals surface area contributed by atoms with Gasteiger partial charge in [-0.3, -0.25) is 0 Å². The highest BCUT2D eigenvalue weighted by Gasteiger charge is 2.49. The zero-order valence-corrected chi connectivity index (χ0v) is 48.6. The average Bonchev–Trinajstić information content (AvgIpc) is 1.43. The van der Waals surface area contributed by atoms with E-state index in [4.69, 9.17) is 0 Å². The third kappa shape index (κ3) is 6.80. The molecule has 0 N–H and O–H groups in total. The van der Waals surface area contributed by atoms with Gasteiger partial charge in [-0.2, -0.15) is 0 Å². The minimum atomic E-state index is -0.184. The Morgan fingerprint density at radius 1 is 0.295 bits per heavy atom. The first-order valence-corrected chi connectivity index (χ1v) is 30.7. The summed E-state index contributed by atoms with van der Waals surface area (Å²) in [6, 6.07) is 109. The molecule has 0 amide bonds. The molecule has 0 aliphatic carbocycles. The first-order chi connectivity index (χ1) is 43.6. The molecule has 0 spiro atoms. The highest BCUT2D eigenvalue weighted by Crippen LogP contribution is 2.57. The van der Waals surface area contributed by atoms with E-state index < -0.39 is 0 Å². The van der Waals surface area contributed by atoms with Crippen molar-refractivity contribution in [2.24, 2.45) is 0 Å². The maximum atomic E-state index is 2.77. The Bertz CT molecular complexity index is 5300. The van der Waals surface area contributed by atoms with Crippen LogP contribution in [0.5, 0.6) is 0 Å². The second-order valence-electron chi connectivity index (χ2n) is 24.1. The lowest BCUT2D eigenvalue weighted by atomic mass is 9.44. The van der Waals surface area contributed by atoms with Gasteiger partial charge < -0.3 is 28.6 Å². The normalized spacial score (nSPS) is 13.0. The Morgan fingerprint density at radius 3 is 1.16 bits per heavy atom. The zero-order valence-electron chi connectivity index (χ0n) is 48.6. The lowest BCUT2D eigenvalue weighted by Crippen LogP contribution is -2.57. The number of nitrogens with zero attached hydrogens (tertiary/aromatic N) is 6. The minimum absolute atomic E-state index is 0.159. The van der Waals surface area contributed by atoms with Gasteiger partial charge in [-0.25, -0.2) is 0 Å². The van der Waals surface area contributed by atoms with Gasteiger partial charge in [-0.05, 0) is 179 Å². The van der Waals surface area contributed by atoms with Crippen molar-refractivity contribution in [3.63, 3.8) is 0 Å². The molecule has 0 atom stereocenters. The summed E-state index contributed by atoms with van der Waals surface area (Å²) in [6.45, 7) is 4.20. The quantitative estimate of drug-likeness (QED) is 0.141. The third-order valence-electron chi connectivity index (χ3n) is 19.2. The summed E-state index contributed by atoms with van der Waals surface area (Å²) >= 11 is 0. The van der Waals surface area contributed by atoms with Crippen LogP contribution in [0.2, 0.25) is 0 Å². The molecule has 6 heterocycles. The van der Waals surface area contributed by atoms with Gasteiger partial charge in [0.05, 0.1) is 0 Å². The number of aryl methyl sites for hydroxylation is 2. The van der Waals surface area contributed by atoms with Gasteiger partial charge in [0.25, 0.3) is 0 Å². The molecule has 0 unspecified atom stereocenters. The molecule has 6 nitrogen and oxygen atoms in total. The second kappa shape index (κ2) is 18.6. The van der Waals surface area contributed by atoms with E-state index in [0.717, 1.165) is 51.2 Å². The Kier molecular flexibility index (Phi) is 10.4. The number of para-hydroxylation sites is 8. The molecule has 410 valence electrons. The highest BCUT2D eigenvalue weighted by atomic mass is 15.2. The van der Waals surface area contributed by atoms with E-state index in [-0.39, 0.29) is 13.7 Å².